The average molecular weight is 483 g/mol. The van der Waals surface area contributed by atoms with Gasteiger partial charge in [-0.3, -0.25) is 4.79 Å². The minimum atomic E-state index is -0.981. The number of benzene rings is 2. The fourth-order valence-corrected chi connectivity index (χ4v) is 3.41. The van der Waals surface area contributed by atoms with Gasteiger partial charge in [0.2, 0.25) is 0 Å². The Hall–Kier alpha value is -3.37. The van der Waals surface area contributed by atoms with Gasteiger partial charge in [0, 0.05) is 6.04 Å². The zero-order valence-corrected chi connectivity index (χ0v) is 18.9. The number of amides is 1. The predicted octanol–water partition coefficient (Wildman–Crippen LogP) is 4.89. The largest absolute Gasteiger partial charge is 0.487 e. The molecular formula is C24H23BrN2O4. The van der Waals surface area contributed by atoms with Crippen LogP contribution in [0.15, 0.2) is 59.1 Å². The van der Waals surface area contributed by atoms with Gasteiger partial charge in [0.1, 0.15) is 24.0 Å². The highest BCUT2D eigenvalue weighted by atomic mass is 79.9. The maximum Gasteiger partial charge on any atom is 0.335 e. The Bertz CT molecular complexity index is 1050. The molecule has 0 atom stereocenters. The molecule has 1 amide bonds. The molecule has 2 aromatic rings. The third kappa shape index (κ3) is 6.83. The maximum atomic E-state index is 12.2. The van der Waals surface area contributed by atoms with Crippen molar-refractivity contribution < 1.29 is 19.4 Å². The third-order valence-electron chi connectivity index (χ3n) is 4.19. The first-order valence-corrected chi connectivity index (χ1v) is 10.4. The van der Waals surface area contributed by atoms with Crippen LogP contribution in [0.4, 0.5) is 0 Å². The molecule has 0 unspecified atom stereocenters. The number of carbonyl (C=O) groups excluding carboxylic acids is 1. The van der Waals surface area contributed by atoms with E-state index in [1.165, 1.54) is 18.2 Å². The van der Waals surface area contributed by atoms with Crippen molar-refractivity contribution in [3.05, 3.63) is 81.4 Å². The highest BCUT2D eigenvalue weighted by Gasteiger charge is 2.14. The van der Waals surface area contributed by atoms with E-state index in [9.17, 15) is 14.9 Å². The summed E-state index contributed by atoms with van der Waals surface area (Å²) in [6.07, 6.45) is 3.79. The monoisotopic (exact) mass is 482 g/mol. The van der Waals surface area contributed by atoms with Gasteiger partial charge in [-0.05, 0) is 83.2 Å². The van der Waals surface area contributed by atoms with Gasteiger partial charge in [-0.2, -0.15) is 5.26 Å². The summed E-state index contributed by atoms with van der Waals surface area (Å²) in [5.74, 6) is -0.792. The highest BCUT2D eigenvalue weighted by molar-refractivity contribution is 9.10. The van der Waals surface area contributed by atoms with Crippen LogP contribution in [0.25, 0.3) is 6.08 Å². The van der Waals surface area contributed by atoms with Crippen molar-refractivity contribution in [3.8, 4) is 11.8 Å². The first kappa shape index (κ1) is 23.9. The molecule has 0 aliphatic rings. The fourth-order valence-electron chi connectivity index (χ4n) is 2.78. The molecule has 2 N–H and O–H groups in total. The van der Waals surface area contributed by atoms with Gasteiger partial charge in [-0.25, -0.2) is 4.79 Å². The predicted molar refractivity (Wildman–Crippen MR) is 123 cm³/mol. The molecule has 0 aliphatic heterocycles. The van der Waals surface area contributed by atoms with Gasteiger partial charge in [-0.1, -0.05) is 18.2 Å². The van der Waals surface area contributed by atoms with Crippen molar-refractivity contribution in [2.45, 2.75) is 32.9 Å². The lowest BCUT2D eigenvalue weighted by Gasteiger charge is -2.14. The number of nitrogens with zero attached hydrogens (tertiary/aromatic N) is 1. The minimum Gasteiger partial charge on any atom is -0.487 e. The second kappa shape index (κ2) is 11.1. The average Bonchev–Trinajstić information content (AvgIpc) is 2.71. The van der Waals surface area contributed by atoms with Crippen LogP contribution in [-0.2, 0) is 17.8 Å². The Morgan fingerprint density at radius 1 is 1.29 bits per heavy atom. The zero-order valence-electron chi connectivity index (χ0n) is 17.3. The van der Waals surface area contributed by atoms with Crippen LogP contribution in [-0.4, -0.2) is 23.0 Å². The number of halogens is 1. The third-order valence-corrected chi connectivity index (χ3v) is 4.78. The topological polar surface area (TPSA) is 99.4 Å². The van der Waals surface area contributed by atoms with E-state index in [2.05, 4.69) is 27.8 Å². The number of hydrogen-bond acceptors (Lipinski definition) is 4. The summed E-state index contributed by atoms with van der Waals surface area (Å²) in [5.41, 5.74) is 2.56. The van der Waals surface area contributed by atoms with E-state index in [0.717, 1.165) is 11.1 Å². The molecule has 2 rings (SSSR count). The molecule has 0 aliphatic carbocycles. The number of rotatable bonds is 9. The molecule has 0 heterocycles. The Morgan fingerprint density at radius 3 is 2.52 bits per heavy atom. The Morgan fingerprint density at radius 2 is 1.97 bits per heavy atom. The molecule has 31 heavy (non-hydrogen) atoms. The van der Waals surface area contributed by atoms with Crippen LogP contribution >= 0.6 is 15.9 Å². The smallest absolute Gasteiger partial charge is 0.335 e. The summed E-state index contributed by atoms with van der Waals surface area (Å²) in [6.45, 7) is 7.68. The zero-order chi connectivity index (χ0) is 23.0. The second-order valence-electron chi connectivity index (χ2n) is 7.07. The van der Waals surface area contributed by atoms with E-state index in [0.29, 0.717) is 22.2 Å². The number of allylic oxidation sites excluding steroid dienone is 1. The maximum absolute atomic E-state index is 12.2. The molecule has 0 fully saturated rings. The lowest BCUT2D eigenvalue weighted by atomic mass is 10.0. The number of ether oxygens (including phenoxy) is 1. The number of nitrogens with one attached hydrogen (secondary N) is 1. The lowest BCUT2D eigenvalue weighted by molar-refractivity contribution is -0.117. The standard InChI is InChI=1S/C24H23BrN2O4/c1-4-5-19-10-17(11-20(13-26)23(28)27-15(2)3)12-21(25)22(19)31-14-16-6-8-18(9-7-16)24(29)30/h4,6-12,15H,1,5,14H2,2-3H3,(H,27,28)(H,29,30)/b20-11-. The first-order chi connectivity index (χ1) is 14.7. The fraction of sp³-hybridized carbons (Fsp3) is 0.208. The van der Waals surface area contributed by atoms with Crippen LogP contribution in [0.3, 0.4) is 0 Å². The van der Waals surface area contributed by atoms with Crippen molar-refractivity contribution in [3.63, 3.8) is 0 Å². The summed E-state index contributed by atoms with van der Waals surface area (Å²) < 4.78 is 6.65. The van der Waals surface area contributed by atoms with Crippen molar-refractivity contribution in [2.24, 2.45) is 0 Å². The van der Waals surface area contributed by atoms with E-state index in [1.54, 1.807) is 24.3 Å². The van der Waals surface area contributed by atoms with E-state index >= 15 is 0 Å². The number of nitriles is 1. The minimum absolute atomic E-state index is 0.0114. The Balaban J connectivity index is 2.30. The van der Waals surface area contributed by atoms with Gasteiger partial charge in [-0.15, -0.1) is 6.58 Å². The Labute approximate surface area is 190 Å². The molecule has 0 bridgehead atoms. The number of carboxylic acid groups (broad SMARTS) is 1. The van der Waals surface area contributed by atoms with E-state index in [1.807, 2.05) is 26.0 Å². The first-order valence-electron chi connectivity index (χ1n) is 9.56. The van der Waals surface area contributed by atoms with Crippen LogP contribution in [0, 0.1) is 11.3 Å². The van der Waals surface area contributed by atoms with Crippen molar-refractivity contribution >= 4 is 33.9 Å². The van der Waals surface area contributed by atoms with E-state index in [4.69, 9.17) is 9.84 Å². The molecule has 0 saturated heterocycles. The van der Waals surface area contributed by atoms with Crippen LogP contribution in [0.5, 0.6) is 5.75 Å². The van der Waals surface area contributed by atoms with Crippen molar-refractivity contribution in [1.29, 1.82) is 5.26 Å². The summed E-state index contributed by atoms with van der Waals surface area (Å²) >= 11 is 3.51. The Kier molecular flexibility index (Phi) is 8.59. The summed E-state index contributed by atoms with van der Waals surface area (Å²) in [7, 11) is 0. The summed E-state index contributed by atoms with van der Waals surface area (Å²) in [5, 5.41) is 21.1. The molecule has 0 spiro atoms. The SMILES string of the molecule is C=CCc1cc(/C=C(/C#N)C(=O)NC(C)C)cc(Br)c1OCc1ccc(C(=O)O)cc1. The van der Waals surface area contributed by atoms with E-state index < -0.39 is 11.9 Å². The molecule has 160 valence electrons. The van der Waals surface area contributed by atoms with Gasteiger partial charge in [0.05, 0.1) is 10.0 Å². The van der Waals surface area contributed by atoms with Gasteiger partial charge in [0.15, 0.2) is 0 Å². The van der Waals surface area contributed by atoms with E-state index in [-0.39, 0.29) is 23.8 Å². The molecule has 0 saturated carbocycles. The highest BCUT2D eigenvalue weighted by Crippen LogP contribution is 2.33. The van der Waals surface area contributed by atoms with Crippen molar-refractivity contribution in [1.82, 2.24) is 5.32 Å². The summed E-state index contributed by atoms with van der Waals surface area (Å²) in [4.78, 5) is 23.2. The summed E-state index contributed by atoms with van der Waals surface area (Å²) in [6, 6.07) is 11.9. The molecule has 0 aromatic heterocycles. The second-order valence-corrected chi connectivity index (χ2v) is 7.93. The number of hydrogen-bond donors (Lipinski definition) is 2. The molecule has 7 heteroatoms. The normalized spacial score (nSPS) is 11.0. The molecule has 0 radical (unpaired) electrons. The van der Waals surface area contributed by atoms with Gasteiger partial charge < -0.3 is 15.2 Å². The lowest BCUT2D eigenvalue weighted by Crippen LogP contribution is -2.30. The number of carbonyl (C=O) groups is 2. The molecular weight excluding hydrogens is 460 g/mol. The number of aromatic carboxylic acids is 1. The number of carboxylic acids is 1. The molecule has 2 aromatic carbocycles. The van der Waals surface area contributed by atoms with Crippen LogP contribution in [0.2, 0.25) is 0 Å². The van der Waals surface area contributed by atoms with Gasteiger partial charge in [0.25, 0.3) is 5.91 Å². The van der Waals surface area contributed by atoms with Crippen LogP contribution in [0.1, 0.15) is 40.9 Å². The van der Waals surface area contributed by atoms with Gasteiger partial charge >= 0.3 is 5.97 Å². The van der Waals surface area contributed by atoms with Crippen LogP contribution < -0.4 is 10.1 Å². The quantitative estimate of drug-likeness (QED) is 0.301. The molecule has 6 nitrogen and oxygen atoms in total. The van der Waals surface area contributed by atoms with Crippen molar-refractivity contribution in [2.75, 3.05) is 0 Å².